The van der Waals surface area contributed by atoms with Crippen molar-refractivity contribution in [3.63, 3.8) is 0 Å². The first-order chi connectivity index (χ1) is 12.3. The molecule has 0 radical (unpaired) electrons. The predicted molar refractivity (Wildman–Crippen MR) is 116 cm³/mol. The van der Waals surface area contributed by atoms with E-state index in [-0.39, 0.29) is 0 Å². The molecule has 1 N–H and O–H groups in total. The fourth-order valence-electron chi connectivity index (χ4n) is 3.12. The molecule has 1 nitrogen and oxygen atoms in total. The predicted octanol–water partition coefficient (Wildman–Crippen LogP) is 8.32. The lowest BCUT2D eigenvalue weighted by atomic mass is 10.1. The molecule has 0 heterocycles. The van der Waals surface area contributed by atoms with Crippen molar-refractivity contribution in [2.45, 2.75) is 123 Å². The Morgan fingerprint density at radius 2 is 1.12 bits per heavy atom. The molecule has 148 valence electrons. The fourth-order valence-corrected chi connectivity index (χ4v) is 3.12. The third-order valence-electron chi connectivity index (χ3n) is 4.90. The lowest BCUT2D eigenvalue weighted by Crippen LogP contribution is -2.13. The van der Waals surface area contributed by atoms with Crippen LogP contribution >= 0.6 is 0 Å². The van der Waals surface area contributed by atoms with Crippen LogP contribution in [0.25, 0.3) is 0 Å². The zero-order valence-electron chi connectivity index (χ0n) is 17.6. The van der Waals surface area contributed by atoms with Crippen molar-refractivity contribution in [1.29, 1.82) is 0 Å². The van der Waals surface area contributed by atoms with Gasteiger partial charge >= 0.3 is 0 Å². The van der Waals surface area contributed by atoms with Gasteiger partial charge in [0.2, 0.25) is 0 Å². The van der Waals surface area contributed by atoms with Crippen molar-refractivity contribution in [2.24, 2.45) is 0 Å². The highest BCUT2D eigenvalue weighted by molar-refractivity contribution is 4.90. The smallest absolute Gasteiger partial charge is 0.0143 e. The van der Waals surface area contributed by atoms with Crippen LogP contribution in [0.3, 0.4) is 0 Å². The third-order valence-corrected chi connectivity index (χ3v) is 4.90. The highest BCUT2D eigenvalue weighted by atomic mass is 14.9. The summed E-state index contributed by atoms with van der Waals surface area (Å²) in [5, 5.41) is 3.46. The van der Waals surface area contributed by atoms with E-state index in [1.165, 1.54) is 108 Å². The van der Waals surface area contributed by atoms with Crippen LogP contribution in [-0.4, -0.2) is 6.54 Å². The number of hydrogen-bond acceptors (Lipinski definition) is 1. The van der Waals surface area contributed by atoms with E-state index in [4.69, 9.17) is 0 Å². The molecular weight excluding hydrogens is 302 g/mol. The van der Waals surface area contributed by atoms with Gasteiger partial charge in [-0.1, -0.05) is 96.8 Å². The second kappa shape index (κ2) is 21.3. The summed E-state index contributed by atoms with van der Waals surface area (Å²) in [5.74, 6) is 0. The minimum atomic E-state index is 1.11. The summed E-state index contributed by atoms with van der Waals surface area (Å²) in [6, 6.07) is 0. The Labute approximate surface area is 159 Å². The van der Waals surface area contributed by atoms with E-state index in [9.17, 15) is 0 Å². The topological polar surface area (TPSA) is 12.0 Å². The number of nitrogens with one attached hydrogen (secondary N) is 1. The van der Waals surface area contributed by atoms with Gasteiger partial charge < -0.3 is 5.32 Å². The lowest BCUT2D eigenvalue weighted by molar-refractivity contribution is 0.578. The standard InChI is InChI=1S/C24H47N/c1-4-6-8-9-10-11-12-13-14-15-16-17-18-19-20-21-23-25-24(3)22-7-5-2/h13-14,25H,3-12,15-23H2,1-2H3/b14-13-. The van der Waals surface area contributed by atoms with Crippen LogP contribution in [0.1, 0.15) is 123 Å². The van der Waals surface area contributed by atoms with Gasteiger partial charge in [0.15, 0.2) is 0 Å². The first-order valence-electron chi connectivity index (χ1n) is 11.4. The number of unbranched alkanes of at least 4 members (excludes halogenated alkanes) is 13. The van der Waals surface area contributed by atoms with Crippen molar-refractivity contribution in [3.05, 3.63) is 24.4 Å². The molecule has 0 saturated carbocycles. The number of allylic oxidation sites excluding steroid dienone is 3. The van der Waals surface area contributed by atoms with Crippen LogP contribution in [0.15, 0.2) is 24.4 Å². The molecule has 0 saturated heterocycles. The van der Waals surface area contributed by atoms with Gasteiger partial charge in [0.1, 0.15) is 0 Å². The van der Waals surface area contributed by atoms with Crippen LogP contribution in [0, 0.1) is 0 Å². The maximum Gasteiger partial charge on any atom is 0.0143 e. The van der Waals surface area contributed by atoms with E-state index in [0.29, 0.717) is 0 Å². The van der Waals surface area contributed by atoms with Crippen LogP contribution in [0.2, 0.25) is 0 Å². The third kappa shape index (κ3) is 21.2. The van der Waals surface area contributed by atoms with Crippen LogP contribution < -0.4 is 5.32 Å². The number of rotatable bonds is 20. The van der Waals surface area contributed by atoms with E-state index >= 15 is 0 Å². The quantitative estimate of drug-likeness (QED) is 0.172. The molecule has 0 aliphatic rings. The Bertz CT molecular complexity index is 292. The molecule has 0 atom stereocenters. The van der Waals surface area contributed by atoms with Crippen LogP contribution in [0.4, 0.5) is 0 Å². The molecule has 0 fully saturated rings. The second-order valence-electron chi connectivity index (χ2n) is 7.57. The minimum Gasteiger partial charge on any atom is -0.389 e. The molecule has 0 aromatic rings. The summed E-state index contributed by atoms with van der Waals surface area (Å²) >= 11 is 0. The largest absolute Gasteiger partial charge is 0.389 e. The van der Waals surface area contributed by atoms with Gasteiger partial charge in [-0.05, 0) is 44.9 Å². The van der Waals surface area contributed by atoms with Gasteiger partial charge in [0.25, 0.3) is 0 Å². The zero-order chi connectivity index (χ0) is 18.4. The molecule has 0 aliphatic heterocycles. The molecule has 0 spiro atoms. The average molecular weight is 350 g/mol. The molecule has 0 aliphatic carbocycles. The highest BCUT2D eigenvalue weighted by Crippen LogP contribution is 2.10. The Kier molecular flexibility index (Phi) is 20.7. The molecule has 1 heteroatoms. The van der Waals surface area contributed by atoms with Gasteiger partial charge in [-0.3, -0.25) is 0 Å². The lowest BCUT2D eigenvalue weighted by Gasteiger charge is -2.08. The van der Waals surface area contributed by atoms with Gasteiger partial charge in [0.05, 0.1) is 0 Å². The monoisotopic (exact) mass is 349 g/mol. The molecule has 25 heavy (non-hydrogen) atoms. The van der Waals surface area contributed by atoms with Crippen molar-refractivity contribution < 1.29 is 0 Å². The summed E-state index contributed by atoms with van der Waals surface area (Å²) in [6.07, 6.45) is 27.8. The first-order valence-corrected chi connectivity index (χ1v) is 11.4. The minimum absolute atomic E-state index is 1.11. The summed E-state index contributed by atoms with van der Waals surface area (Å²) < 4.78 is 0. The average Bonchev–Trinajstić information content (AvgIpc) is 2.62. The zero-order valence-corrected chi connectivity index (χ0v) is 17.6. The van der Waals surface area contributed by atoms with E-state index in [0.717, 1.165) is 13.0 Å². The molecule has 0 aromatic heterocycles. The fraction of sp³-hybridized carbons (Fsp3) is 0.833. The SMILES string of the molecule is C=C(CCCC)NCCCCCCCC/C=C\CCCCCCCC. The summed E-state index contributed by atoms with van der Waals surface area (Å²) in [6.45, 7) is 9.72. The van der Waals surface area contributed by atoms with E-state index in [1.54, 1.807) is 0 Å². The molecule has 0 amide bonds. The number of hydrogen-bond donors (Lipinski definition) is 1. The summed E-state index contributed by atoms with van der Waals surface area (Å²) in [5.41, 5.74) is 1.23. The Morgan fingerprint density at radius 3 is 1.68 bits per heavy atom. The summed E-state index contributed by atoms with van der Waals surface area (Å²) in [4.78, 5) is 0. The molecule has 0 aromatic carbocycles. The van der Waals surface area contributed by atoms with Crippen LogP contribution in [0.5, 0.6) is 0 Å². The van der Waals surface area contributed by atoms with Crippen molar-refractivity contribution in [3.8, 4) is 0 Å². The Hall–Kier alpha value is -0.720. The van der Waals surface area contributed by atoms with E-state index in [1.807, 2.05) is 0 Å². The first kappa shape index (κ1) is 24.3. The van der Waals surface area contributed by atoms with Crippen molar-refractivity contribution >= 4 is 0 Å². The second-order valence-corrected chi connectivity index (χ2v) is 7.57. The molecular formula is C24H47N. The van der Waals surface area contributed by atoms with Gasteiger partial charge in [0, 0.05) is 12.2 Å². The van der Waals surface area contributed by atoms with Crippen molar-refractivity contribution in [2.75, 3.05) is 6.54 Å². The molecule has 0 unspecified atom stereocenters. The van der Waals surface area contributed by atoms with Crippen LogP contribution in [-0.2, 0) is 0 Å². The molecule has 0 bridgehead atoms. The Morgan fingerprint density at radius 1 is 0.640 bits per heavy atom. The van der Waals surface area contributed by atoms with Gasteiger partial charge in [-0.15, -0.1) is 0 Å². The van der Waals surface area contributed by atoms with Crippen molar-refractivity contribution in [1.82, 2.24) is 5.32 Å². The maximum atomic E-state index is 4.09. The maximum absolute atomic E-state index is 4.09. The highest BCUT2D eigenvalue weighted by Gasteiger charge is 1.94. The summed E-state index contributed by atoms with van der Waals surface area (Å²) in [7, 11) is 0. The normalized spacial score (nSPS) is 11.3. The van der Waals surface area contributed by atoms with Gasteiger partial charge in [-0.25, -0.2) is 0 Å². The van der Waals surface area contributed by atoms with E-state index < -0.39 is 0 Å². The molecule has 0 rings (SSSR count). The van der Waals surface area contributed by atoms with E-state index in [2.05, 4.69) is 37.9 Å². The Balaban J connectivity index is 3.13. The van der Waals surface area contributed by atoms with Gasteiger partial charge in [-0.2, -0.15) is 0 Å².